The fourth-order valence-corrected chi connectivity index (χ4v) is 3.78. The number of hydroxylamine groups is 1. The zero-order valence-electron chi connectivity index (χ0n) is 15.6. The summed E-state index contributed by atoms with van der Waals surface area (Å²) in [5.41, 5.74) is 2.64. The Morgan fingerprint density at radius 1 is 1.23 bits per heavy atom. The number of carbonyl (C=O) groups is 2. The predicted octanol–water partition coefficient (Wildman–Crippen LogP) is 4.78. The van der Waals surface area contributed by atoms with Crippen LogP contribution in [0.15, 0.2) is 57.5 Å². The minimum atomic E-state index is -0.972. The van der Waals surface area contributed by atoms with Crippen LogP contribution in [0.1, 0.15) is 24.2 Å². The van der Waals surface area contributed by atoms with E-state index in [-0.39, 0.29) is 5.75 Å². The van der Waals surface area contributed by atoms with Crippen LogP contribution in [0.2, 0.25) is 0 Å². The highest BCUT2D eigenvalue weighted by Gasteiger charge is 2.27. The normalized spacial score (nSPS) is 12.6. The number of amides is 2. The van der Waals surface area contributed by atoms with E-state index in [1.54, 1.807) is 43.3 Å². The smallest absolute Gasteiger partial charge is 0.412 e. The first-order chi connectivity index (χ1) is 14.2. The number of hydrogen-bond donors (Lipinski definition) is 4. The summed E-state index contributed by atoms with van der Waals surface area (Å²) in [6, 6.07) is 11.4. The first-order valence-electron chi connectivity index (χ1n) is 8.53. The third-order valence-corrected chi connectivity index (χ3v) is 5.06. The van der Waals surface area contributed by atoms with E-state index >= 15 is 0 Å². The molecule has 0 aliphatic carbocycles. The van der Waals surface area contributed by atoms with Gasteiger partial charge in [0.05, 0.1) is 16.1 Å². The quantitative estimate of drug-likeness (QED) is 0.238. The van der Waals surface area contributed by atoms with Crippen LogP contribution in [0.4, 0.5) is 10.5 Å². The van der Waals surface area contributed by atoms with Crippen molar-refractivity contribution in [2.75, 3.05) is 5.32 Å². The van der Waals surface area contributed by atoms with Gasteiger partial charge in [-0.2, -0.15) is 5.26 Å². The number of aromatic hydroxyl groups is 1. The van der Waals surface area contributed by atoms with E-state index in [2.05, 4.69) is 37.2 Å². The van der Waals surface area contributed by atoms with Crippen molar-refractivity contribution in [1.29, 1.82) is 5.26 Å². The maximum Gasteiger partial charge on any atom is 0.412 e. The topological polar surface area (TPSA) is 132 Å². The SMILES string of the molecule is C[C@@H](/C=C/C(=O)NO)[C@H](OC(=O)Nc1ccc(C#N)cc1)c1cc(Br)cc(Br)c1O. The summed E-state index contributed by atoms with van der Waals surface area (Å²) >= 11 is 6.58. The average molecular weight is 539 g/mol. The summed E-state index contributed by atoms with van der Waals surface area (Å²) in [6.07, 6.45) is 0.746. The molecule has 0 unspecified atom stereocenters. The lowest BCUT2D eigenvalue weighted by atomic mass is 9.96. The van der Waals surface area contributed by atoms with Crippen molar-refractivity contribution in [3.63, 3.8) is 0 Å². The van der Waals surface area contributed by atoms with Gasteiger partial charge in [0.1, 0.15) is 11.9 Å². The molecule has 0 spiro atoms. The molecule has 2 aromatic carbocycles. The Labute approximate surface area is 189 Å². The maximum atomic E-state index is 12.5. The van der Waals surface area contributed by atoms with E-state index in [0.717, 1.165) is 6.08 Å². The van der Waals surface area contributed by atoms with Gasteiger partial charge in [-0.15, -0.1) is 0 Å². The number of phenols is 1. The van der Waals surface area contributed by atoms with Gasteiger partial charge in [0, 0.05) is 27.7 Å². The van der Waals surface area contributed by atoms with E-state index in [0.29, 0.717) is 25.8 Å². The van der Waals surface area contributed by atoms with E-state index in [1.807, 2.05) is 6.07 Å². The second-order valence-corrected chi connectivity index (χ2v) is 7.93. The van der Waals surface area contributed by atoms with Crippen molar-refractivity contribution >= 4 is 49.5 Å². The van der Waals surface area contributed by atoms with Crippen LogP contribution in [0, 0.1) is 17.2 Å². The number of phenolic OH excluding ortho intramolecular Hbond substituents is 1. The molecule has 2 amide bonds. The molecule has 0 saturated carbocycles. The van der Waals surface area contributed by atoms with E-state index in [9.17, 15) is 14.7 Å². The Kier molecular flexibility index (Phi) is 8.41. The zero-order valence-corrected chi connectivity index (χ0v) is 18.8. The van der Waals surface area contributed by atoms with Crippen LogP contribution in [0.3, 0.4) is 0 Å². The van der Waals surface area contributed by atoms with Gasteiger partial charge in [0.25, 0.3) is 5.91 Å². The largest absolute Gasteiger partial charge is 0.506 e. The predicted molar refractivity (Wildman–Crippen MR) is 116 cm³/mol. The molecule has 0 bridgehead atoms. The molecule has 0 aliphatic heterocycles. The van der Waals surface area contributed by atoms with Crippen LogP contribution in [-0.4, -0.2) is 22.3 Å². The first-order valence-corrected chi connectivity index (χ1v) is 10.1. The van der Waals surface area contributed by atoms with Crippen LogP contribution in [-0.2, 0) is 9.53 Å². The molecule has 0 aliphatic rings. The first kappa shape index (κ1) is 23.4. The number of benzene rings is 2. The third-order valence-electron chi connectivity index (χ3n) is 4.00. The lowest BCUT2D eigenvalue weighted by Crippen LogP contribution is -2.22. The van der Waals surface area contributed by atoms with Crippen molar-refractivity contribution in [2.45, 2.75) is 13.0 Å². The number of hydrogen-bond acceptors (Lipinski definition) is 6. The van der Waals surface area contributed by atoms with Crippen molar-refractivity contribution in [2.24, 2.45) is 5.92 Å². The van der Waals surface area contributed by atoms with Gasteiger partial charge in [-0.25, -0.2) is 10.3 Å². The van der Waals surface area contributed by atoms with Crippen molar-refractivity contribution in [1.82, 2.24) is 5.48 Å². The Hall–Kier alpha value is -2.87. The number of rotatable bonds is 6. The minimum absolute atomic E-state index is 0.124. The monoisotopic (exact) mass is 537 g/mol. The van der Waals surface area contributed by atoms with Crippen molar-refractivity contribution in [3.8, 4) is 11.8 Å². The Bertz CT molecular complexity index is 1000. The molecule has 4 N–H and O–H groups in total. The van der Waals surface area contributed by atoms with Crippen LogP contribution < -0.4 is 10.8 Å². The van der Waals surface area contributed by atoms with Gasteiger partial charge in [-0.3, -0.25) is 15.3 Å². The van der Waals surface area contributed by atoms with Gasteiger partial charge in [0.2, 0.25) is 0 Å². The van der Waals surface area contributed by atoms with Gasteiger partial charge in [-0.05, 0) is 52.3 Å². The average Bonchev–Trinajstić information content (AvgIpc) is 2.73. The summed E-state index contributed by atoms with van der Waals surface area (Å²) in [7, 11) is 0. The van der Waals surface area contributed by atoms with E-state index < -0.39 is 24.0 Å². The summed E-state index contributed by atoms with van der Waals surface area (Å²) in [4.78, 5) is 23.8. The highest BCUT2D eigenvalue weighted by Crippen LogP contribution is 2.40. The number of nitriles is 1. The fraction of sp³-hybridized carbons (Fsp3) is 0.150. The standard InChI is InChI=1S/C20H17Br2N3O5/c1-11(2-7-17(26)25-29)19(15-8-13(21)9-16(22)18(15)27)30-20(28)24-14-5-3-12(10-23)4-6-14/h2-9,11,19,27,29H,1H3,(H,24,28)(H,25,26)/b7-2+/t11-,19-/m0/s1. The molecule has 0 fully saturated rings. The minimum Gasteiger partial charge on any atom is -0.506 e. The zero-order chi connectivity index (χ0) is 22.3. The van der Waals surface area contributed by atoms with Gasteiger partial charge in [0.15, 0.2) is 0 Å². The van der Waals surface area contributed by atoms with Gasteiger partial charge >= 0.3 is 6.09 Å². The second-order valence-electron chi connectivity index (χ2n) is 6.16. The molecule has 156 valence electrons. The number of halogens is 2. The van der Waals surface area contributed by atoms with Crippen LogP contribution >= 0.6 is 31.9 Å². The van der Waals surface area contributed by atoms with E-state index in [4.69, 9.17) is 15.2 Å². The second kappa shape index (κ2) is 10.8. The van der Waals surface area contributed by atoms with Crippen LogP contribution in [0.5, 0.6) is 5.75 Å². The molecule has 2 atom stereocenters. The highest BCUT2D eigenvalue weighted by atomic mass is 79.9. The summed E-state index contributed by atoms with van der Waals surface area (Å²) in [5, 5.41) is 30.5. The lowest BCUT2D eigenvalue weighted by Gasteiger charge is -2.24. The molecule has 8 nitrogen and oxygen atoms in total. The number of carbonyl (C=O) groups excluding carboxylic acids is 2. The Morgan fingerprint density at radius 3 is 2.50 bits per heavy atom. The van der Waals surface area contributed by atoms with Crippen LogP contribution in [0.25, 0.3) is 0 Å². The van der Waals surface area contributed by atoms with E-state index in [1.165, 1.54) is 11.6 Å². The van der Waals surface area contributed by atoms with Gasteiger partial charge in [-0.1, -0.05) is 28.9 Å². The molecule has 0 saturated heterocycles. The number of nitrogens with zero attached hydrogens (tertiary/aromatic N) is 1. The summed E-state index contributed by atoms with van der Waals surface area (Å²) in [5.74, 6) is -1.43. The van der Waals surface area contributed by atoms with Crippen molar-refractivity contribution < 1.29 is 24.6 Å². The van der Waals surface area contributed by atoms with Gasteiger partial charge < -0.3 is 9.84 Å². The molecule has 2 aromatic rings. The Morgan fingerprint density at radius 2 is 1.90 bits per heavy atom. The summed E-state index contributed by atoms with van der Waals surface area (Å²) in [6.45, 7) is 1.68. The fourth-order valence-electron chi connectivity index (χ4n) is 2.52. The maximum absolute atomic E-state index is 12.5. The molecule has 30 heavy (non-hydrogen) atoms. The Balaban J connectivity index is 2.30. The molecular weight excluding hydrogens is 522 g/mol. The molecule has 10 heteroatoms. The molecule has 2 rings (SSSR count). The molecule has 0 heterocycles. The molecule has 0 radical (unpaired) electrons. The highest BCUT2D eigenvalue weighted by molar-refractivity contribution is 9.11. The summed E-state index contributed by atoms with van der Waals surface area (Å²) < 4.78 is 6.57. The number of ether oxygens (including phenoxy) is 1. The lowest BCUT2D eigenvalue weighted by molar-refractivity contribution is -0.124. The third kappa shape index (κ3) is 6.32. The van der Waals surface area contributed by atoms with Crippen molar-refractivity contribution in [3.05, 3.63) is 68.6 Å². The molecule has 0 aromatic heterocycles. The number of nitrogens with one attached hydrogen (secondary N) is 2. The molecular formula is C20H17Br2N3O5. The number of anilines is 1.